The molecule has 0 bridgehead atoms. The largest absolute Gasteiger partial charge is 0.489 e. The Morgan fingerprint density at radius 3 is 1.26 bits per heavy atom. The van der Waals surface area contributed by atoms with Gasteiger partial charge in [0.25, 0.3) is 17.7 Å². The van der Waals surface area contributed by atoms with Crippen molar-refractivity contribution in [2.45, 2.75) is 116 Å². The number of ether oxygens (including phenoxy) is 7. The van der Waals surface area contributed by atoms with Crippen LogP contribution in [0.5, 0.6) is 34.5 Å². The first-order chi connectivity index (χ1) is 52.8. The second-order valence-electron chi connectivity index (χ2n) is 27.7. The summed E-state index contributed by atoms with van der Waals surface area (Å²) in [4.78, 5) is 101. The molecular formula is C82H93F2N13O13. The Morgan fingerprint density at radius 2 is 0.836 bits per heavy atom. The van der Waals surface area contributed by atoms with Crippen LogP contribution in [0.25, 0.3) is 33.1 Å². The zero-order valence-electron chi connectivity index (χ0n) is 61.4. The normalized spacial score (nSPS) is 18.3. The minimum absolute atomic E-state index is 0. The molecule has 0 radical (unpaired) electrons. The van der Waals surface area contributed by atoms with Gasteiger partial charge in [0, 0.05) is 74.3 Å². The SMILES string of the molecule is C.C=CC(=O)N1CCCC[C@@H](n2c(NC(=O)c3cccc(C)c3)nc3ccc4c(c32)OCC(F)(F)CO4)C1.C=CC(=O)N1CCCC[C@@H](n2c(NC(=O)c3cccc(C)c3)nc3ccc4c(c32)OCCCO4)C1.C=CC(=O)N1CCCC[C@@H](n2c(NC(=O)c3ccnc(C)c3)nc3ccc4c(c32)OCCOCCO4)C1. The van der Waals surface area contributed by atoms with Gasteiger partial charge in [-0.2, -0.15) is 8.78 Å². The van der Waals surface area contributed by atoms with E-state index < -0.39 is 19.1 Å². The second kappa shape index (κ2) is 35.1. The minimum Gasteiger partial charge on any atom is -0.489 e. The quantitative estimate of drug-likeness (QED) is 0.0958. The summed E-state index contributed by atoms with van der Waals surface area (Å²) in [7, 11) is 0. The summed E-state index contributed by atoms with van der Waals surface area (Å²) in [6, 6.07) is 28.1. The number of imidazole rings is 3. The molecule has 6 aliphatic heterocycles. The third kappa shape index (κ3) is 17.7. The van der Waals surface area contributed by atoms with E-state index in [1.54, 1.807) is 69.1 Å². The molecule has 4 aromatic heterocycles. The van der Waals surface area contributed by atoms with E-state index in [1.807, 2.05) is 83.3 Å². The van der Waals surface area contributed by atoms with Gasteiger partial charge < -0.3 is 61.6 Å². The molecule has 0 saturated carbocycles. The molecular weight excluding hydrogens is 1410 g/mol. The summed E-state index contributed by atoms with van der Waals surface area (Å²) in [6.07, 6.45) is 14.0. The number of nitrogens with one attached hydrogen (secondary N) is 3. The lowest BCUT2D eigenvalue weighted by atomic mass is 10.1. The lowest BCUT2D eigenvalue weighted by Crippen LogP contribution is -2.34. The van der Waals surface area contributed by atoms with Crippen molar-refractivity contribution >= 4 is 86.4 Å². The van der Waals surface area contributed by atoms with Gasteiger partial charge in [0.2, 0.25) is 35.6 Å². The van der Waals surface area contributed by atoms with Crippen LogP contribution in [-0.2, 0) is 19.1 Å². The first-order valence-electron chi connectivity index (χ1n) is 37.0. The number of pyridine rings is 1. The number of halogens is 2. The molecule has 3 saturated heterocycles. The van der Waals surface area contributed by atoms with E-state index in [0.29, 0.717) is 159 Å². The van der Waals surface area contributed by atoms with Crippen LogP contribution >= 0.6 is 0 Å². The van der Waals surface area contributed by atoms with Gasteiger partial charge in [-0.05, 0) is 170 Å². The first-order valence-corrected chi connectivity index (χ1v) is 37.0. The fraction of sp³-hybridized carbons (Fsp3) is 0.390. The molecule has 3 atom stereocenters. The van der Waals surface area contributed by atoms with Crippen LogP contribution in [0.15, 0.2) is 141 Å². The van der Waals surface area contributed by atoms with Crippen LogP contribution in [0.2, 0.25) is 0 Å². The lowest BCUT2D eigenvalue weighted by molar-refractivity contribution is -0.127. The number of anilines is 3. The van der Waals surface area contributed by atoms with Crippen molar-refractivity contribution < 1.29 is 70.7 Å². The fourth-order valence-corrected chi connectivity index (χ4v) is 14.6. The molecule has 0 unspecified atom stereocenters. The average molecular weight is 1510 g/mol. The number of fused-ring (bicyclic) bond motifs is 9. The van der Waals surface area contributed by atoms with Crippen molar-refractivity contribution in [2.75, 3.05) is 108 Å². The van der Waals surface area contributed by atoms with Gasteiger partial charge >= 0.3 is 5.92 Å². The number of aromatic nitrogens is 7. The van der Waals surface area contributed by atoms with Gasteiger partial charge in [0.05, 0.1) is 61.1 Å². The predicted molar refractivity (Wildman–Crippen MR) is 413 cm³/mol. The molecule has 5 aromatic carbocycles. The summed E-state index contributed by atoms with van der Waals surface area (Å²) < 4.78 is 74.9. The maximum absolute atomic E-state index is 14.1. The molecule has 15 rings (SSSR count). The van der Waals surface area contributed by atoms with Crippen molar-refractivity contribution in [1.29, 1.82) is 0 Å². The number of rotatable bonds is 12. The van der Waals surface area contributed by atoms with E-state index in [9.17, 15) is 37.5 Å². The zero-order valence-corrected chi connectivity index (χ0v) is 61.4. The monoisotopic (exact) mass is 1510 g/mol. The number of aryl methyl sites for hydroxylation is 3. The van der Waals surface area contributed by atoms with E-state index in [1.165, 1.54) is 18.2 Å². The van der Waals surface area contributed by atoms with E-state index in [4.69, 9.17) is 43.1 Å². The number of benzene rings is 5. The van der Waals surface area contributed by atoms with Crippen LogP contribution in [0.1, 0.15) is 138 Å². The van der Waals surface area contributed by atoms with Gasteiger partial charge in [-0.25, -0.2) is 15.0 Å². The standard InChI is InChI=1S/C27H28F2N4O4.C27H31N5O5.C27H30N4O4.CH4/c1-3-22(34)32-12-5-4-9-19(14-32)33-23-20(10-11-21-24(23)37-16-27(28,29)15-36-21)30-26(33)31-25(35)18-8-6-7-17(2)13-18;1-3-23(33)31-11-5-4-6-20(17-31)32-24-21(7-8-22-25(24)37-15-13-35-12-14-36-22)29-27(32)30-26(34)19-9-10-28-18(2)16-19;1-3-23(32)30-13-5-4-10-20(17-30)31-24-21(11-12-22-25(24)35-15-7-14-34-22)28-27(31)29-26(33)19-9-6-8-18(2)16-19;/h3,6-8,10-11,13,19H,1,4-5,9,12,14-16H2,2H3,(H,30,31,35);3,7-10,16,20H,1,4-6,11-15,17H2,2H3,(H,29,30,34);3,6,8-9,11-12,16,20H,1,4-5,7,10,13-15,17H2,2H3,(H,28,29,33);1H4/t19-;2*20-;/m111./s1. The molecule has 0 aliphatic carbocycles. The van der Waals surface area contributed by atoms with Crippen molar-refractivity contribution in [1.82, 2.24) is 48.3 Å². The Bertz CT molecular complexity index is 4940. The molecule has 6 aliphatic rings. The molecule has 6 amide bonds. The first kappa shape index (κ1) is 77.9. The Hall–Kier alpha value is -11.7. The van der Waals surface area contributed by atoms with E-state index >= 15 is 0 Å². The topological polar surface area (TPSA) is 279 Å². The van der Waals surface area contributed by atoms with E-state index in [0.717, 1.165) is 85.6 Å². The minimum atomic E-state index is -3.16. The molecule has 3 fully saturated rings. The Balaban J connectivity index is 0.000000153. The number of amides is 6. The summed E-state index contributed by atoms with van der Waals surface area (Å²) in [5.74, 6) is -0.608. The number of likely N-dealkylation sites (tertiary alicyclic amines) is 3. The highest BCUT2D eigenvalue weighted by molar-refractivity contribution is 6.06. The van der Waals surface area contributed by atoms with Gasteiger partial charge in [-0.15, -0.1) is 0 Å². The van der Waals surface area contributed by atoms with Gasteiger partial charge in [-0.3, -0.25) is 49.7 Å². The highest BCUT2D eigenvalue weighted by Gasteiger charge is 2.38. The van der Waals surface area contributed by atoms with Gasteiger partial charge in [-0.1, -0.05) is 62.6 Å². The number of carbonyl (C=O) groups is 6. The molecule has 26 nitrogen and oxygen atoms in total. The van der Waals surface area contributed by atoms with Gasteiger partial charge in [0.15, 0.2) is 47.7 Å². The molecule has 28 heteroatoms. The number of alkyl halides is 2. The number of nitrogens with zero attached hydrogens (tertiary/aromatic N) is 10. The van der Waals surface area contributed by atoms with Crippen LogP contribution in [-0.4, -0.2) is 182 Å². The van der Waals surface area contributed by atoms with Crippen molar-refractivity contribution in [3.8, 4) is 34.5 Å². The smallest absolute Gasteiger partial charge is 0.314 e. The van der Waals surface area contributed by atoms with Crippen LogP contribution in [0.4, 0.5) is 26.6 Å². The Kier molecular flexibility index (Phi) is 24.9. The third-order valence-electron chi connectivity index (χ3n) is 19.8. The lowest BCUT2D eigenvalue weighted by Gasteiger charge is -2.26. The Morgan fingerprint density at radius 1 is 0.455 bits per heavy atom. The molecule has 110 heavy (non-hydrogen) atoms. The number of hydrogen-bond acceptors (Lipinski definition) is 17. The summed E-state index contributed by atoms with van der Waals surface area (Å²) in [5.41, 5.74) is 7.95. The van der Waals surface area contributed by atoms with Crippen LogP contribution < -0.4 is 44.4 Å². The third-order valence-corrected chi connectivity index (χ3v) is 19.8. The van der Waals surface area contributed by atoms with Crippen molar-refractivity contribution in [3.05, 3.63) is 175 Å². The number of carbonyl (C=O) groups excluding carboxylic acids is 6. The molecule has 9 aromatic rings. The fourth-order valence-electron chi connectivity index (χ4n) is 14.6. The average Bonchev–Trinajstić information content (AvgIpc) is 1.61. The highest BCUT2D eigenvalue weighted by Crippen LogP contribution is 2.46. The van der Waals surface area contributed by atoms with Crippen LogP contribution in [0, 0.1) is 20.8 Å². The summed E-state index contributed by atoms with van der Waals surface area (Å²) in [5, 5.41) is 8.94. The summed E-state index contributed by atoms with van der Waals surface area (Å²) >= 11 is 0. The highest BCUT2D eigenvalue weighted by atomic mass is 19.3. The van der Waals surface area contributed by atoms with E-state index in [2.05, 4.69) is 45.7 Å². The second-order valence-corrected chi connectivity index (χ2v) is 27.7. The molecule has 0 spiro atoms. The van der Waals surface area contributed by atoms with Gasteiger partial charge in [0.1, 0.15) is 29.8 Å². The zero-order chi connectivity index (χ0) is 76.3. The number of hydrogen-bond donors (Lipinski definition) is 3. The predicted octanol–water partition coefficient (Wildman–Crippen LogP) is 13.4. The maximum atomic E-state index is 14.1. The molecule has 3 N–H and O–H groups in total. The molecule has 578 valence electrons. The van der Waals surface area contributed by atoms with E-state index in [-0.39, 0.29) is 78.4 Å². The summed E-state index contributed by atoms with van der Waals surface area (Å²) in [6.45, 7) is 20.9. The maximum Gasteiger partial charge on any atom is 0.314 e. The van der Waals surface area contributed by atoms with Crippen molar-refractivity contribution in [2.24, 2.45) is 0 Å². The Labute approximate surface area is 636 Å². The van der Waals surface area contributed by atoms with Crippen LogP contribution in [0.3, 0.4) is 0 Å². The van der Waals surface area contributed by atoms with Crippen molar-refractivity contribution in [3.63, 3.8) is 0 Å². The molecule has 10 heterocycles.